The van der Waals surface area contributed by atoms with Gasteiger partial charge in [0.25, 0.3) is 0 Å². The quantitative estimate of drug-likeness (QED) is 0.777. The van der Waals surface area contributed by atoms with E-state index in [9.17, 15) is 0 Å². The van der Waals surface area contributed by atoms with Crippen LogP contribution in [0.5, 0.6) is 0 Å². The molecule has 1 aromatic rings. The summed E-state index contributed by atoms with van der Waals surface area (Å²) in [6.07, 6.45) is 0. The molecular weight excluding hydrogens is 260 g/mol. The Hall–Kier alpha value is 0.200. The standard InChI is InChI=1S/C7H7ClIN/c8-6-2-1-5(4-10)7(9)3-6/h1-3H,4,10H2. The predicted octanol–water partition coefficient (Wildman–Crippen LogP) is 2.40. The van der Waals surface area contributed by atoms with E-state index in [1.807, 2.05) is 18.2 Å². The summed E-state index contributed by atoms with van der Waals surface area (Å²) in [6, 6.07) is 5.71. The molecule has 1 aromatic carbocycles. The molecule has 0 saturated heterocycles. The monoisotopic (exact) mass is 267 g/mol. The number of halogens is 2. The molecule has 1 nitrogen and oxygen atoms in total. The van der Waals surface area contributed by atoms with Crippen LogP contribution in [0.1, 0.15) is 5.56 Å². The van der Waals surface area contributed by atoms with Crippen LogP contribution in [0.4, 0.5) is 0 Å². The zero-order chi connectivity index (χ0) is 7.56. The molecule has 0 unspecified atom stereocenters. The van der Waals surface area contributed by atoms with Gasteiger partial charge >= 0.3 is 0 Å². The highest BCUT2D eigenvalue weighted by Crippen LogP contribution is 2.17. The van der Waals surface area contributed by atoms with Crippen LogP contribution in [0.3, 0.4) is 0 Å². The van der Waals surface area contributed by atoms with Crippen molar-refractivity contribution in [3.63, 3.8) is 0 Å². The molecule has 0 radical (unpaired) electrons. The summed E-state index contributed by atoms with van der Waals surface area (Å²) in [6.45, 7) is 0.579. The molecule has 0 aliphatic carbocycles. The Balaban J connectivity index is 3.07. The molecule has 0 fully saturated rings. The Bertz CT molecular complexity index is 237. The third kappa shape index (κ3) is 1.84. The summed E-state index contributed by atoms with van der Waals surface area (Å²) >= 11 is 7.95. The molecule has 0 amide bonds. The van der Waals surface area contributed by atoms with E-state index in [0.29, 0.717) is 6.54 Å². The number of hydrogen-bond donors (Lipinski definition) is 1. The summed E-state index contributed by atoms with van der Waals surface area (Å²) in [7, 11) is 0. The summed E-state index contributed by atoms with van der Waals surface area (Å²) in [4.78, 5) is 0. The molecular formula is C7H7ClIN. The van der Waals surface area contributed by atoms with Crippen molar-refractivity contribution < 1.29 is 0 Å². The Morgan fingerprint density at radius 2 is 2.20 bits per heavy atom. The van der Waals surface area contributed by atoms with Crippen molar-refractivity contribution in [2.45, 2.75) is 6.54 Å². The van der Waals surface area contributed by atoms with E-state index in [1.165, 1.54) is 0 Å². The largest absolute Gasteiger partial charge is 0.326 e. The zero-order valence-corrected chi connectivity index (χ0v) is 8.19. The second-order valence-electron chi connectivity index (χ2n) is 1.94. The van der Waals surface area contributed by atoms with Crippen molar-refractivity contribution in [1.29, 1.82) is 0 Å². The first-order valence-corrected chi connectivity index (χ1v) is 4.33. The maximum absolute atomic E-state index is 5.73. The van der Waals surface area contributed by atoms with Crippen molar-refractivity contribution in [1.82, 2.24) is 0 Å². The molecule has 3 heteroatoms. The number of nitrogens with two attached hydrogens (primary N) is 1. The van der Waals surface area contributed by atoms with E-state index in [1.54, 1.807) is 0 Å². The van der Waals surface area contributed by atoms with Crippen LogP contribution in [0.15, 0.2) is 18.2 Å². The van der Waals surface area contributed by atoms with Gasteiger partial charge in [0.2, 0.25) is 0 Å². The van der Waals surface area contributed by atoms with Gasteiger partial charge in [-0.1, -0.05) is 17.7 Å². The molecule has 0 atom stereocenters. The van der Waals surface area contributed by atoms with Gasteiger partial charge < -0.3 is 5.73 Å². The molecule has 10 heavy (non-hydrogen) atoms. The van der Waals surface area contributed by atoms with Gasteiger partial charge in [-0.25, -0.2) is 0 Å². The van der Waals surface area contributed by atoms with Gasteiger partial charge in [-0.3, -0.25) is 0 Å². The SMILES string of the molecule is NCc1ccc(Cl)cc1I. The van der Waals surface area contributed by atoms with Gasteiger partial charge in [0.1, 0.15) is 0 Å². The Morgan fingerprint density at radius 3 is 2.70 bits per heavy atom. The lowest BCUT2D eigenvalue weighted by atomic mass is 10.2. The molecule has 1 rings (SSSR count). The Labute approximate surface area is 78.7 Å². The predicted molar refractivity (Wildman–Crippen MR) is 52.1 cm³/mol. The normalized spacial score (nSPS) is 9.90. The molecule has 0 aliphatic rings. The lowest BCUT2D eigenvalue weighted by molar-refractivity contribution is 1.06. The third-order valence-corrected chi connectivity index (χ3v) is 2.47. The first-order chi connectivity index (χ1) is 4.74. The van der Waals surface area contributed by atoms with Crippen molar-refractivity contribution >= 4 is 34.2 Å². The molecule has 54 valence electrons. The fourth-order valence-electron chi connectivity index (χ4n) is 0.687. The van der Waals surface area contributed by atoms with Crippen LogP contribution in [0, 0.1) is 3.57 Å². The molecule has 0 bridgehead atoms. The fraction of sp³-hybridized carbons (Fsp3) is 0.143. The highest BCUT2D eigenvalue weighted by atomic mass is 127. The Kier molecular flexibility index (Phi) is 2.95. The first kappa shape index (κ1) is 8.30. The lowest BCUT2D eigenvalue weighted by Crippen LogP contribution is -1.98. The average Bonchev–Trinajstić information content (AvgIpc) is 1.88. The highest BCUT2D eigenvalue weighted by molar-refractivity contribution is 14.1. The zero-order valence-electron chi connectivity index (χ0n) is 5.27. The molecule has 0 heterocycles. The van der Waals surface area contributed by atoms with Crippen LogP contribution in [0.2, 0.25) is 5.02 Å². The fourth-order valence-corrected chi connectivity index (χ4v) is 1.78. The smallest absolute Gasteiger partial charge is 0.0416 e. The first-order valence-electron chi connectivity index (χ1n) is 2.88. The van der Waals surface area contributed by atoms with E-state index >= 15 is 0 Å². The molecule has 0 spiro atoms. The van der Waals surface area contributed by atoms with Crippen molar-refractivity contribution in [3.05, 3.63) is 32.4 Å². The maximum Gasteiger partial charge on any atom is 0.0416 e. The van der Waals surface area contributed by atoms with Gasteiger partial charge in [0, 0.05) is 15.1 Å². The number of rotatable bonds is 1. The number of hydrogen-bond acceptors (Lipinski definition) is 1. The summed E-state index contributed by atoms with van der Waals surface area (Å²) < 4.78 is 1.13. The van der Waals surface area contributed by atoms with Crippen LogP contribution in [-0.4, -0.2) is 0 Å². The van der Waals surface area contributed by atoms with E-state index < -0.39 is 0 Å². The molecule has 0 aliphatic heterocycles. The van der Waals surface area contributed by atoms with Gasteiger partial charge in [0.15, 0.2) is 0 Å². The average molecular weight is 267 g/mol. The van der Waals surface area contributed by atoms with Gasteiger partial charge in [-0.05, 0) is 40.3 Å². The van der Waals surface area contributed by atoms with Crippen LogP contribution >= 0.6 is 34.2 Å². The van der Waals surface area contributed by atoms with Gasteiger partial charge in [-0.15, -0.1) is 0 Å². The minimum Gasteiger partial charge on any atom is -0.326 e. The third-order valence-electron chi connectivity index (χ3n) is 1.24. The van der Waals surface area contributed by atoms with Crippen molar-refractivity contribution in [2.24, 2.45) is 5.73 Å². The van der Waals surface area contributed by atoms with Crippen LogP contribution in [-0.2, 0) is 6.54 Å². The van der Waals surface area contributed by atoms with E-state index in [-0.39, 0.29) is 0 Å². The van der Waals surface area contributed by atoms with Crippen LogP contribution < -0.4 is 5.73 Å². The van der Waals surface area contributed by atoms with E-state index in [2.05, 4.69) is 22.6 Å². The summed E-state index contributed by atoms with van der Waals surface area (Å²) in [5.41, 5.74) is 6.60. The second-order valence-corrected chi connectivity index (χ2v) is 3.54. The minimum atomic E-state index is 0.579. The lowest BCUT2D eigenvalue weighted by Gasteiger charge is -1.99. The topological polar surface area (TPSA) is 26.0 Å². The molecule has 0 aromatic heterocycles. The van der Waals surface area contributed by atoms with E-state index in [0.717, 1.165) is 14.2 Å². The Morgan fingerprint density at radius 1 is 1.50 bits per heavy atom. The van der Waals surface area contributed by atoms with Crippen LogP contribution in [0.25, 0.3) is 0 Å². The van der Waals surface area contributed by atoms with Gasteiger partial charge in [0.05, 0.1) is 0 Å². The second kappa shape index (κ2) is 3.55. The van der Waals surface area contributed by atoms with Crippen molar-refractivity contribution in [3.8, 4) is 0 Å². The maximum atomic E-state index is 5.73. The van der Waals surface area contributed by atoms with E-state index in [4.69, 9.17) is 17.3 Å². The minimum absolute atomic E-state index is 0.579. The number of benzene rings is 1. The van der Waals surface area contributed by atoms with Crippen molar-refractivity contribution in [2.75, 3.05) is 0 Å². The summed E-state index contributed by atoms with van der Waals surface area (Å²) in [5.74, 6) is 0. The van der Waals surface area contributed by atoms with Gasteiger partial charge in [-0.2, -0.15) is 0 Å². The molecule has 0 saturated carbocycles. The summed E-state index contributed by atoms with van der Waals surface area (Å²) in [5, 5.41) is 0.765. The highest BCUT2D eigenvalue weighted by Gasteiger charge is 1.96. The molecule has 2 N–H and O–H groups in total.